The molecule has 0 unspecified atom stereocenters. The van der Waals surface area contributed by atoms with E-state index in [1.807, 2.05) is 54.6 Å². The monoisotopic (exact) mass is 661 g/mol. The van der Waals surface area contributed by atoms with Crippen LogP contribution >= 0.6 is 31.9 Å². The number of hydrogen-bond acceptors (Lipinski definition) is 7. The number of ether oxygens (including phenoxy) is 1. The lowest BCUT2D eigenvalue weighted by Gasteiger charge is -2.02. The Balaban J connectivity index is 0.000000162. The summed E-state index contributed by atoms with van der Waals surface area (Å²) in [6.07, 6.45) is 3.33. The number of halogens is 2. The van der Waals surface area contributed by atoms with Crippen LogP contribution in [-0.4, -0.2) is 48.0 Å². The summed E-state index contributed by atoms with van der Waals surface area (Å²) in [5.41, 5.74) is 8.72. The minimum atomic E-state index is -0.563. The molecule has 0 aliphatic rings. The van der Waals surface area contributed by atoms with E-state index in [1.165, 1.54) is 0 Å². The number of nitrogens with two attached hydrogens (primary N) is 1. The van der Waals surface area contributed by atoms with Gasteiger partial charge in [0, 0.05) is 21.3 Å². The largest absolute Gasteiger partial charge is 0.461 e. The number of pyridine rings is 2. The molecule has 0 aliphatic carbocycles. The van der Waals surface area contributed by atoms with Crippen molar-refractivity contribution in [3.63, 3.8) is 0 Å². The molecule has 0 aliphatic heterocycles. The van der Waals surface area contributed by atoms with E-state index in [9.17, 15) is 9.59 Å². The van der Waals surface area contributed by atoms with Gasteiger partial charge in [0.2, 0.25) is 0 Å². The smallest absolute Gasteiger partial charge is 0.359 e. The Morgan fingerprint density at radius 2 is 1.27 bits per heavy atom. The average Bonchev–Trinajstić information content (AvgIpc) is 3.54. The summed E-state index contributed by atoms with van der Waals surface area (Å²) < 4.78 is 10.2. The van der Waals surface area contributed by atoms with Gasteiger partial charge in [0.15, 0.2) is 22.7 Å². The van der Waals surface area contributed by atoms with Gasteiger partial charge in [0.1, 0.15) is 0 Å². The summed E-state index contributed by atoms with van der Waals surface area (Å²) in [5, 5.41) is 9.96. The van der Waals surface area contributed by atoms with E-state index in [1.54, 1.807) is 46.9 Å². The number of primary amides is 1. The fraction of sp³-hybridized carbons (Fsp3) is 0.0714. The molecule has 4 aromatic heterocycles. The zero-order valence-corrected chi connectivity index (χ0v) is 24.2. The van der Waals surface area contributed by atoms with E-state index >= 15 is 0 Å². The van der Waals surface area contributed by atoms with E-state index in [0.717, 1.165) is 20.3 Å². The normalized spacial score (nSPS) is 10.8. The van der Waals surface area contributed by atoms with E-state index in [-0.39, 0.29) is 11.4 Å². The number of esters is 1. The molecule has 0 radical (unpaired) electrons. The fourth-order valence-corrected chi connectivity index (χ4v) is 4.79. The Morgan fingerprint density at radius 3 is 1.75 bits per heavy atom. The summed E-state index contributed by atoms with van der Waals surface area (Å²) in [4.78, 5) is 32.1. The van der Waals surface area contributed by atoms with Crippen LogP contribution < -0.4 is 5.73 Å². The summed E-state index contributed by atoms with van der Waals surface area (Å²) >= 11 is 6.84. The molecule has 0 atom stereocenters. The number of aromatic nitrogens is 6. The molecule has 0 spiro atoms. The zero-order valence-electron chi connectivity index (χ0n) is 21.0. The maximum atomic E-state index is 12.0. The van der Waals surface area contributed by atoms with Gasteiger partial charge in [-0.15, -0.1) is 0 Å². The molecule has 10 nitrogen and oxygen atoms in total. The Hall–Kier alpha value is -4.42. The molecule has 200 valence electrons. The van der Waals surface area contributed by atoms with Gasteiger partial charge in [-0.25, -0.2) is 24.1 Å². The van der Waals surface area contributed by atoms with Crippen molar-refractivity contribution in [1.82, 2.24) is 29.5 Å². The number of benzene rings is 2. The van der Waals surface area contributed by atoms with Crippen LogP contribution in [0.5, 0.6) is 0 Å². The molecule has 40 heavy (non-hydrogen) atoms. The Kier molecular flexibility index (Phi) is 7.99. The van der Waals surface area contributed by atoms with Crippen LogP contribution in [0.1, 0.15) is 27.9 Å². The Morgan fingerprint density at radius 1 is 0.775 bits per heavy atom. The summed E-state index contributed by atoms with van der Waals surface area (Å²) in [6, 6.07) is 22.4. The van der Waals surface area contributed by atoms with Crippen LogP contribution in [0.4, 0.5) is 0 Å². The lowest BCUT2D eigenvalue weighted by atomic mass is 10.2. The van der Waals surface area contributed by atoms with Crippen molar-refractivity contribution < 1.29 is 14.3 Å². The van der Waals surface area contributed by atoms with E-state index in [2.05, 4.69) is 52.0 Å². The molecule has 1 amide bonds. The summed E-state index contributed by atoms with van der Waals surface area (Å²) in [7, 11) is 0. The lowest BCUT2D eigenvalue weighted by molar-refractivity contribution is 0.0521. The Labute approximate surface area is 245 Å². The maximum absolute atomic E-state index is 12.0. The van der Waals surface area contributed by atoms with Crippen LogP contribution in [0.2, 0.25) is 0 Å². The standard InChI is InChI=1S/C15H12BrN3O2.C13H9BrN4O/c1-2-21-15(20)13-12-7-4-8-17-14(12)19(18-13)11-6-3-5-10(16)9-11;14-8-3-1-4-9(7-8)18-13-10(5-2-6-16-13)11(17-18)12(15)19/h3-9H,2H2,1H3;1-7H,(H2,15,19). The van der Waals surface area contributed by atoms with Crippen LogP contribution in [0.15, 0.2) is 94.1 Å². The van der Waals surface area contributed by atoms with Gasteiger partial charge in [-0.05, 0) is 67.6 Å². The number of rotatable bonds is 5. The van der Waals surface area contributed by atoms with Crippen LogP contribution in [0, 0.1) is 0 Å². The molecule has 6 rings (SSSR count). The molecule has 2 aromatic carbocycles. The molecule has 0 saturated carbocycles. The van der Waals surface area contributed by atoms with E-state index < -0.39 is 11.9 Å². The molecule has 0 fully saturated rings. The van der Waals surface area contributed by atoms with Crippen molar-refractivity contribution in [3.05, 3.63) is 106 Å². The number of nitrogens with zero attached hydrogens (tertiary/aromatic N) is 6. The van der Waals surface area contributed by atoms with Crippen molar-refractivity contribution in [2.75, 3.05) is 6.61 Å². The van der Waals surface area contributed by atoms with Crippen LogP contribution in [0.3, 0.4) is 0 Å². The van der Waals surface area contributed by atoms with E-state index in [0.29, 0.717) is 28.7 Å². The average molecular weight is 663 g/mol. The van der Waals surface area contributed by atoms with Crippen molar-refractivity contribution in [2.24, 2.45) is 5.73 Å². The number of fused-ring (bicyclic) bond motifs is 2. The number of carbonyl (C=O) groups is 2. The minimum absolute atomic E-state index is 0.225. The topological polar surface area (TPSA) is 131 Å². The minimum Gasteiger partial charge on any atom is -0.461 e. The first-order valence-corrected chi connectivity index (χ1v) is 13.6. The predicted octanol–water partition coefficient (Wildman–Crippen LogP) is 5.64. The molecule has 12 heteroatoms. The SMILES string of the molecule is CCOC(=O)c1nn(-c2cccc(Br)c2)c2ncccc12.NC(=O)c1nn(-c2cccc(Br)c2)c2ncccc12. The first-order valence-electron chi connectivity index (χ1n) is 12.0. The van der Waals surface area contributed by atoms with Gasteiger partial charge in [-0.1, -0.05) is 44.0 Å². The van der Waals surface area contributed by atoms with Gasteiger partial charge in [-0.2, -0.15) is 10.2 Å². The highest BCUT2D eigenvalue weighted by atomic mass is 79.9. The van der Waals surface area contributed by atoms with Gasteiger partial charge in [0.05, 0.1) is 28.8 Å². The lowest BCUT2D eigenvalue weighted by Crippen LogP contribution is -2.12. The third-order valence-corrected chi connectivity index (χ3v) is 6.68. The van der Waals surface area contributed by atoms with Gasteiger partial charge in [0.25, 0.3) is 5.91 Å². The molecule has 0 saturated heterocycles. The zero-order chi connectivity index (χ0) is 28.2. The third-order valence-electron chi connectivity index (χ3n) is 5.69. The first-order chi connectivity index (χ1) is 19.4. The molecular weight excluding hydrogens is 642 g/mol. The second-order valence-corrected chi connectivity index (χ2v) is 10.1. The Bertz CT molecular complexity index is 1870. The highest BCUT2D eigenvalue weighted by Gasteiger charge is 2.20. The molecule has 4 heterocycles. The second-order valence-electron chi connectivity index (χ2n) is 8.31. The predicted molar refractivity (Wildman–Crippen MR) is 158 cm³/mol. The number of hydrogen-bond donors (Lipinski definition) is 1. The quantitative estimate of drug-likeness (QED) is 0.236. The number of amides is 1. The highest BCUT2D eigenvalue weighted by molar-refractivity contribution is 9.10. The third kappa shape index (κ3) is 5.49. The number of carbonyl (C=O) groups excluding carboxylic acids is 2. The molecule has 0 bridgehead atoms. The van der Waals surface area contributed by atoms with Crippen LogP contribution in [-0.2, 0) is 4.74 Å². The van der Waals surface area contributed by atoms with Crippen molar-refractivity contribution in [1.29, 1.82) is 0 Å². The first kappa shape index (κ1) is 27.2. The van der Waals surface area contributed by atoms with Crippen molar-refractivity contribution >= 4 is 65.8 Å². The molecule has 2 N–H and O–H groups in total. The van der Waals surface area contributed by atoms with Crippen LogP contribution in [0.25, 0.3) is 33.4 Å². The highest BCUT2D eigenvalue weighted by Crippen LogP contribution is 2.24. The van der Waals surface area contributed by atoms with Gasteiger partial charge >= 0.3 is 5.97 Å². The van der Waals surface area contributed by atoms with Gasteiger partial charge in [-0.3, -0.25) is 4.79 Å². The second kappa shape index (κ2) is 11.8. The van der Waals surface area contributed by atoms with E-state index in [4.69, 9.17) is 10.5 Å². The molecular formula is C28H21Br2N7O3. The fourth-order valence-electron chi connectivity index (χ4n) is 4.01. The van der Waals surface area contributed by atoms with Crippen molar-refractivity contribution in [2.45, 2.75) is 6.92 Å². The van der Waals surface area contributed by atoms with Gasteiger partial charge < -0.3 is 10.5 Å². The molecule has 6 aromatic rings. The summed E-state index contributed by atoms with van der Waals surface area (Å²) in [5.74, 6) is -1.00. The maximum Gasteiger partial charge on any atom is 0.359 e. The van der Waals surface area contributed by atoms with Crippen molar-refractivity contribution in [3.8, 4) is 11.4 Å². The summed E-state index contributed by atoms with van der Waals surface area (Å²) in [6.45, 7) is 2.08.